The molecule has 0 aromatic heterocycles. The summed E-state index contributed by atoms with van der Waals surface area (Å²) in [6.07, 6.45) is 4.77. The molecule has 0 heterocycles. The molecule has 0 aromatic rings. The summed E-state index contributed by atoms with van der Waals surface area (Å²) < 4.78 is 10.2. The van der Waals surface area contributed by atoms with Gasteiger partial charge in [0.2, 0.25) is 0 Å². The molecule has 0 N–H and O–H groups in total. The number of hydrogen-bond acceptors (Lipinski definition) is 4. The molecule has 1 saturated carbocycles. The Morgan fingerprint density at radius 2 is 2.00 bits per heavy atom. The van der Waals surface area contributed by atoms with Crippen LogP contribution >= 0.6 is 0 Å². The fourth-order valence-electron chi connectivity index (χ4n) is 3.16. The monoisotopic (exact) mass is 296 g/mol. The highest BCUT2D eigenvalue weighted by Crippen LogP contribution is 2.49. The van der Waals surface area contributed by atoms with Crippen LogP contribution in [0.25, 0.3) is 0 Å². The van der Waals surface area contributed by atoms with Crippen molar-refractivity contribution in [1.29, 1.82) is 0 Å². The van der Waals surface area contributed by atoms with Crippen LogP contribution in [0.1, 0.15) is 60.3 Å². The number of esters is 2. The number of methoxy groups -OCH3 is 1. The normalized spacial score (nSPS) is 27.7. The lowest BCUT2D eigenvalue weighted by molar-refractivity contribution is -0.155. The molecule has 0 spiro atoms. The number of carbonyl (C=O) groups is 2. The van der Waals surface area contributed by atoms with Crippen LogP contribution in [0, 0.1) is 11.3 Å². The Labute approximate surface area is 127 Å². The van der Waals surface area contributed by atoms with Gasteiger partial charge in [-0.1, -0.05) is 18.6 Å². The predicted molar refractivity (Wildman–Crippen MR) is 81.7 cm³/mol. The summed E-state index contributed by atoms with van der Waals surface area (Å²) in [6.45, 7) is 9.67. The van der Waals surface area contributed by atoms with E-state index in [9.17, 15) is 9.59 Å². The minimum absolute atomic E-state index is 0.121. The van der Waals surface area contributed by atoms with E-state index in [1.807, 2.05) is 33.8 Å². The van der Waals surface area contributed by atoms with Gasteiger partial charge in [0.15, 0.2) is 0 Å². The molecule has 1 fully saturated rings. The van der Waals surface area contributed by atoms with Gasteiger partial charge in [0, 0.05) is 6.42 Å². The second-order valence-electron chi connectivity index (χ2n) is 7.01. The predicted octanol–water partition coefficient (Wildman–Crippen LogP) is 3.64. The summed E-state index contributed by atoms with van der Waals surface area (Å²) in [4.78, 5) is 23.7. The van der Waals surface area contributed by atoms with Crippen molar-refractivity contribution >= 4 is 11.9 Å². The van der Waals surface area contributed by atoms with Crippen molar-refractivity contribution < 1.29 is 19.1 Å². The van der Waals surface area contributed by atoms with Gasteiger partial charge in [-0.25, -0.2) is 0 Å². The van der Waals surface area contributed by atoms with Crippen molar-refractivity contribution in [1.82, 2.24) is 0 Å². The first-order chi connectivity index (χ1) is 9.63. The molecule has 0 bridgehead atoms. The van der Waals surface area contributed by atoms with Crippen molar-refractivity contribution in [2.24, 2.45) is 11.3 Å². The van der Waals surface area contributed by atoms with Gasteiger partial charge >= 0.3 is 11.9 Å². The van der Waals surface area contributed by atoms with Gasteiger partial charge in [-0.3, -0.25) is 9.59 Å². The van der Waals surface area contributed by atoms with Crippen LogP contribution < -0.4 is 0 Å². The molecule has 120 valence electrons. The zero-order chi connectivity index (χ0) is 16.3. The highest BCUT2D eigenvalue weighted by Gasteiger charge is 2.43. The fraction of sp³-hybridized carbons (Fsp3) is 0.765. The molecule has 1 aliphatic rings. The van der Waals surface area contributed by atoms with Gasteiger partial charge in [0.05, 0.1) is 13.0 Å². The maximum atomic E-state index is 11.9. The molecule has 1 aliphatic carbocycles. The molecule has 2 atom stereocenters. The standard InChI is InChI=1S/C17H28O4/c1-7-13-12(15(19)20-6)8-10-17(13,5)11-9-14(18)21-16(2,3)4/h7,12H,8-11H2,1-6H3/b13-7-/t12-,17-/m0/s1. The maximum Gasteiger partial charge on any atom is 0.312 e. The quantitative estimate of drug-likeness (QED) is 0.587. The summed E-state index contributed by atoms with van der Waals surface area (Å²) in [7, 11) is 1.42. The van der Waals surface area contributed by atoms with E-state index in [4.69, 9.17) is 9.47 Å². The van der Waals surface area contributed by atoms with Crippen molar-refractivity contribution in [3.8, 4) is 0 Å². The van der Waals surface area contributed by atoms with Gasteiger partial charge in [0.1, 0.15) is 5.60 Å². The molecular weight excluding hydrogens is 268 g/mol. The lowest BCUT2D eigenvalue weighted by atomic mass is 9.78. The van der Waals surface area contributed by atoms with E-state index in [0.717, 1.165) is 18.4 Å². The highest BCUT2D eigenvalue weighted by atomic mass is 16.6. The van der Waals surface area contributed by atoms with E-state index < -0.39 is 5.60 Å². The van der Waals surface area contributed by atoms with Crippen LogP contribution in [0.4, 0.5) is 0 Å². The third-order valence-electron chi connectivity index (χ3n) is 4.15. The van der Waals surface area contributed by atoms with Gasteiger partial charge < -0.3 is 9.47 Å². The SMILES string of the molecule is C/C=C1/[C@@H](C(=O)OC)CC[C@@]1(C)CCC(=O)OC(C)(C)C. The minimum atomic E-state index is -0.453. The molecule has 0 aliphatic heterocycles. The van der Waals surface area contributed by atoms with E-state index in [2.05, 4.69) is 6.92 Å². The average molecular weight is 296 g/mol. The minimum Gasteiger partial charge on any atom is -0.469 e. The third-order valence-corrected chi connectivity index (χ3v) is 4.15. The van der Waals surface area contributed by atoms with Crippen molar-refractivity contribution in [2.75, 3.05) is 7.11 Å². The Bertz CT molecular complexity index is 431. The van der Waals surface area contributed by atoms with E-state index in [1.54, 1.807) is 0 Å². The Morgan fingerprint density at radius 3 is 2.48 bits per heavy atom. The molecule has 21 heavy (non-hydrogen) atoms. The Kier molecular flexibility index (Phi) is 5.60. The zero-order valence-corrected chi connectivity index (χ0v) is 14.1. The largest absolute Gasteiger partial charge is 0.469 e. The topological polar surface area (TPSA) is 52.6 Å². The lowest BCUT2D eigenvalue weighted by Crippen LogP contribution is -2.26. The van der Waals surface area contributed by atoms with Crippen LogP contribution in [0.5, 0.6) is 0 Å². The molecule has 4 nitrogen and oxygen atoms in total. The summed E-state index contributed by atoms with van der Waals surface area (Å²) in [5, 5.41) is 0. The van der Waals surface area contributed by atoms with E-state index >= 15 is 0 Å². The Hall–Kier alpha value is -1.32. The number of rotatable bonds is 4. The van der Waals surface area contributed by atoms with Crippen LogP contribution in [0.2, 0.25) is 0 Å². The number of hydrogen-bond donors (Lipinski definition) is 0. The molecule has 0 saturated heterocycles. The van der Waals surface area contributed by atoms with Crippen molar-refractivity contribution in [2.45, 2.75) is 65.9 Å². The zero-order valence-electron chi connectivity index (χ0n) is 14.1. The van der Waals surface area contributed by atoms with Crippen LogP contribution in [-0.4, -0.2) is 24.6 Å². The van der Waals surface area contributed by atoms with Crippen molar-refractivity contribution in [3.05, 3.63) is 11.6 Å². The van der Waals surface area contributed by atoms with Gasteiger partial charge in [0.25, 0.3) is 0 Å². The van der Waals surface area contributed by atoms with E-state index in [-0.39, 0.29) is 23.3 Å². The van der Waals surface area contributed by atoms with Crippen LogP contribution in [0.15, 0.2) is 11.6 Å². The second-order valence-corrected chi connectivity index (χ2v) is 7.01. The lowest BCUT2D eigenvalue weighted by Gasteiger charge is -2.28. The molecule has 0 amide bonds. The fourth-order valence-corrected chi connectivity index (χ4v) is 3.16. The first-order valence-corrected chi connectivity index (χ1v) is 7.59. The van der Waals surface area contributed by atoms with Gasteiger partial charge in [-0.2, -0.15) is 0 Å². The van der Waals surface area contributed by atoms with Crippen molar-refractivity contribution in [3.63, 3.8) is 0 Å². The van der Waals surface area contributed by atoms with Gasteiger partial charge in [-0.05, 0) is 52.4 Å². The average Bonchev–Trinajstić information content (AvgIpc) is 2.71. The molecule has 4 heteroatoms. The van der Waals surface area contributed by atoms with E-state index in [0.29, 0.717) is 12.8 Å². The summed E-state index contributed by atoms with van der Waals surface area (Å²) >= 11 is 0. The molecule has 1 rings (SSSR count). The van der Waals surface area contributed by atoms with Gasteiger partial charge in [-0.15, -0.1) is 0 Å². The first kappa shape index (κ1) is 17.7. The van der Waals surface area contributed by atoms with E-state index in [1.165, 1.54) is 7.11 Å². The summed E-state index contributed by atoms with van der Waals surface area (Å²) in [5.74, 6) is -0.520. The Morgan fingerprint density at radius 1 is 1.38 bits per heavy atom. The highest BCUT2D eigenvalue weighted by molar-refractivity contribution is 5.77. The molecule has 0 aromatic carbocycles. The number of ether oxygens (including phenoxy) is 2. The molecule has 0 unspecified atom stereocenters. The number of allylic oxidation sites excluding steroid dienone is 1. The molecule has 0 radical (unpaired) electrons. The smallest absolute Gasteiger partial charge is 0.312 e. The Balaban J connectivity index is 2.70. The third kappa shape index (κ3) is 4.58. The summed E-state index contributed by atoms with van der Waals surface area (Å²) in [6, 6.07) is 0. The second kappa shape index (κ2) is 6.63. The van der Waals surface area contributed by atoms with Crippen LogP contribution in [0.3, 0.4) is 0 Å². The summed E-state index contributed by atoms with van der Waals surface area (Å²) in [5.41, 5.74) is 0.522. The maximum absolute atomic E-state index is 11.9. The number of carbonyl (C=O) groups excluding carboxylic acids is 2. The molecular formula is C17H28O4. The van der Waals surface area contributed by atoms with Crippen LogP contribution in [-0.2, 0) is 19.1 Å². The first-order valence-electron chi connectivity index (χ1n) is 7.59.